The molecule has 0 bridgehead atoms. The Balaban J connectivity index is 1.31. The van der Waals surface area contributed by atoms with Crippen LogP contribution in [0.25, 0.3) is 44.2 Å². The first-order chi connectivity index (χ1) is 16.1. The third kappa shape index (κ3) is 2.64. The number of aromatic nitrogens is 2. The van der Waals surface area contributed by atoms with Gasteiger partial charge in [0.1, 0.15) is 11.1 Å². The predicted molar refractivity (Wildman–Crippen MR) is 134 cm³/mol. The Labute approximate surface area is 190 Å². The van der Waals surface area contributed by atoms with Gasteiger partial charge in [0.25, 0.3) is 0 Å². The van der Waals surface area contributed by atoms with Crippen LogP contribution >= 0.6 is 0 Å². The largest absolute Gasteiger partial charge is 0.454 e. The van der Waals surface area contributed by atoms with Crippen molar-refractivity contribution in [3.05, 3.63) is 96.2 Å². The number of anilines is 2. The van der Waals surface area contributed by atoms with Crippen LogP contribution in [0.1, 0.15) is 25.0 Å². The zero-order chi connectivity index (χ0) is 22.2. The molecule has 4 heteroatoms. The van der Waals surface area contributed by atoms with Gasteiger partial charge in [-0.1, -0.05) is 44.2 Å². The Bertz CT molecular complexity index is 1730. The minimum atomic E-state index is -0.0205. The number of hydrogen-bond donors (Lipinski definition) is 1. The van der Waals surface area contributed by atoms with Crippen molar-refractivity contribution < 1.29 is 4.42 Å². The van der Waals surface area contributed by atoms with Crippen molar-refractivity contribution >= 4 is 44.5 Å². The number of furan rings is 1. The van der Waals surface area contributed by atoms with Crippen LogP contribution in [0.15, 0.2) is 89.5 Å². The van der Waals surface area contributed by atoms with Gasteiger partial charge in [-0.3, -0.25) is 4.98 Å². The van der Waals surface area contributed by atoms with Crippen LogP contribution in [0.4, 0.5) is 11.4 Å². The molecule has 0 amide bonds. The first kappa shape index (κ1) is 18.4. The molecule has 1 aliphatic rings. The lowest BCUT2D eigenvalue weighted by molar-refractivity contribution is 0.660. The maximum atomic E-state index is 6.06. The van der Waals surface area contributed by atoms with E-state index < -0.39 is 0 Å². The second-order valence-electron chi connectivity index (χ2n) is 9.25. The van der Waals surface area contributed by atoms with Crippen molar-refractivity contribution in [3.8, 4) is 11.1 Å². The summed E-state index contributed by atoms with van der Waals surface area (Å²) in [5.74, 6) is 0. The summed E-state index contributed by atoms with van der Waals surface area (Å²) in [7, 11) is 0. The highest BCUT2D eigenvalue weighted by molar-refractivity contribution is 6.06. The zero-order valence-electron chi connectivity index (χ0n) is 18.4. The molecular weight excluding hydrogens is 406 g/mol. The zero-order valence-corrected chi connectivity index (χ0v) is 18.4. The molecule has 7 rings (SSSR count). The lowest BCUT2D eigenvalue weighted by Crippen LogP contribution is -2.15. The van der Waals surface area contributed by atoms with Gasteiger partial charge >= 0.3 is 0 Å². The summed E-state index contributed by atoms with van der Waals surface area (Å²) in [6.45, 7) is 4.60. The van der Waals surface area contributed by atoms with Gasteiger partial charge in [0.15, 0.2) is 5.58 Å². The van der Waals surface area contributed by atoms with E-state index in [1.807, 2.05) is 24.3 Å². The maximum Gasteiger partial charge on any atom is 0.156 e. The fraction of sp³-hybridized carbons (Fsp3) is 0.103. The van der Waals surface area contributed by atoms with Crippen molar-refractivity contribution in [2.24, 2.45) is 0 Å². The van der Waals surface area contributed by atoms with Gasteiger partial charge in [0.05, 0.1) is 11.0 Å². The monoisotopic (exact) mass is 427 g/mol. The second-order valence-corrected chi connectivity index (χ2v) is 9.25. The van der Waals surface area contributed by atoms with Gasteiger partial charge in [-0.15, -0.1) is 0 Å². The highest BCUT2D eigenvalue weighted by Crippen LogP contribution is 2.49. The number of fused-ring (bicyclic) bond motifs is 7. The quantitative estimate of drug-likeness (QED) is 0.309. The molecule has 3 aromatic heterocycles. The molecule has 6 aromatic rings. The Hall–Kier alpha value is -4.18. The van der Waals surface area contributed by atoms with Crippen molar-refractivity contribution in [2.45, 2.75) is 19.3 Å². The number of nitrogens with one attached hydrogen (secondary N) is 1. The molecule has 0 radical (unpaired) electrons. The average Bonchev–Trinajstić information content (AvgIpc) is 3.29. The van der Waals surface area contributed by atoms with Crippen LogP contribution in [0.5, 0.6) is 0 Å². The van der Waals surface area contributed by atoms with Crippen LogP contribution in [0, 0.1) is 0 Å². The van der Waals surface area contributed by atoms with Gasteiger partial charge in [0.2, 0.25) is 0 Å². The molecule has 3 aromatic carbocycles. The van der Waals surface area contributed by atoms with Gasteiger partial charge in [-0.05, 0) is 64.7 Å². The molecule has 158 valence electrons. The van der Waals surface area contributed by atoms with Crippen LogP contribution in [-0.2, 0) is 5.41 Å². The van der Waals surface area contributed by atoms with E-state index in [0.717, 1.165) is 44.5 Å². The van der Waals surface area contributed by atoms with E-state index in [1.54, 1.807) is 6.20 Å². The Morgan fingerprint density at radius 1 is 0.727 bits per heavy atom. The number of rotatable bonds is 2. The summed E-state index contributed by atoms with van der Waals surface area (Å²) in [6, 6.07) is 27.4. The number of benzene rings is 3. The van der Waals surface area contributed by atoms with Crippen molar-refractivity contribution in [3.63, 3.8) is 0 Å². The van der Waals surface area contributed by atoms with Crippen molar-refractivity contribution in [1.29, 1.82) is 0 Å². The maximum absolute atomic E-state index is 6.06. The predicted octanol–water partition coefficient (Wildman–Crippen LogP) is 7.58. The summed E-state index contributed by atoms with van der Waals surface area (Å²) in [4.78, 5) is 9.21. The lowest BCUT2D eigenvalue weighted by Gasteiger charge is -2.22. The van der Waals surface area contributed by atoms with Gasteiger partial charge in [-0.2, -0.15) is 0 Å². The first-order valence-corrected chi connectivity index (χ1v) is 11.2. The molecule has 0 atom stereocenters. The molecule has 0 spiro atoms. The van der Waals surface area contributed by atoms with Gasteiger partial charge < -0.3 is 9.73 Å². The summed E-state index contributed by atoms with van der Waals surface area (Å²) < 4.78 is 6.06. The van der Waals surface area contributed by atoms with Crippen LogP contribution in [0.3, 0.4) is 0 Å². The van der Waals surface area contributed by atoms with E-state index >= 15 is 0 Å². The van der Waals surface area contributed by atoms with Crippen LogP contribution in [-0.4, -0.2) is 9.97 Å². The fourth-order valence-electron chi connectivity index (χ4n) is 5.20. The van der Waals surface area contributed by atoms with E-state index in [9.17, 15) is 0 Å². The summed E-state index contributed by atoms with van der Waals surface area (Å²) in [5.41, 5.74) is 11.6. The van der Waals surface area contributed by atoms with Gasteiger partial charge in [-0.25, -0.2) is 4.98 Å². The van der Waals surface area contributed by atoms with E-state index in [2.05, 4.69) is 78.7 Å². The molecule has 33 heavy (non-hydrogen) atoms. The topological polar surface area (TPSA) is 51.0 Å². The molecule has 0 saturated heterocycles. The summed E-state index contributed by atoms with van der Waals surface area (Å²) in [5, 5.41) is 4.60. The number of nitrogens with zero attached hydrogens (tertiary/aromatic N) is 2. The van der Waals surface area contributed by atoms with Crippen LogP contribution in [0.2, 0.25) is 0 Å². The Kier molecular flexibility index (Phi) is 3.58. The van der Waals surface area contributed by atoms with Crippen molar-refractivity contribution in [1.82, 2.24) is 9.97 Å². The highest BCUT2D eigenvalue weighted by atomic mass is 16.3. The average molecular weight is 428 g/mol. The molecule has 0 aliphatic heterocycles. The minimum Gasteiger partial charge on any atom is -0.454 e. The fourth-order valence-corrected chi connectivity index (χ4v) is 5.20. The summed E-state index contributed by atoms with van der Waals surface area (Å²) in [6.07, 6.45) is 1.77. The van der Waals surface area contributed by atoms with Crippen molar-refractivity contribution in [2.75, 3.05) is 5.32 Å². The standard InChI is InChI=1S/C29H21N3O/c1-29(2)22-7-4-3-6-19(22)20-11-9-18(15-23(20)29)31-17-10-12-26-21(14-17)28-27(33-26)16-25-24(32-28)8-5-13-30-25/h3-16,31H,1-2H3. The molecular formula is C29H21N3O. The number of hydrogen-bond acceptors (Lipinski definition) is 4. The van der Waals surface area contributed by atoms with Crippen LogP contribution < -0.4 is 5.32 Å². The molecule has 0 saturated carbocycles. The third-order valence-electron chi connectivity index (χ3n) is 6.88. The normalized spacial score (nSPS) is 14.0. The highest BCUT2D eigenvalue weighted by Gasteiger charge is 2.35. The van der Waals surface area contributed by atoms with E-state index in [4.69, 9.17) is 9.40 Å². The van der Waals surface area contributed by atoms with E-state index in [0.29, 0.717) is 0 Å². The Morgan fingerprint density at radius 3 is 2.48 bits per heavy atom. The second kappa shape index (κ2) is 6.42. The molecule has 0 unspecified atom stereocenters. The molecule has 1 aliphatic carbocycles. The Morgan fingerprint density at radius 2 is 1.55 bits per heavy atom. The number of pyridine rings is 2. The smallest absolute Gasteiger partial charge is 0.156 e. The lowest BCUT2D eigenvalue weighted by atomic mass is 9.82. The molecule has 4 nitrogen and oxygen atoms in total. The summed E-state index contributed by atoms with van der Waals surface area (Å²) >= 11 is 0. The van der Waals surface area contributed by atoms with E-state index in [1.165, 1.54) is 22.3 Å². The minimum absolute atomic E-state index is 0.0205. The molecule has 1 N–H and O–H groups in total. The molecule has 0 fully saturated rings. The third-order valence-corrected chi connectivity index (χ3v) is 6.88. The first-order valence-electron chi connectivity index (χ1n) is 11.2. The SMILES string of the molecule is CC1(C)c2ccccc2-c2ccc(Nc3ccc4oc5cc6ncccc6nc5c4c3)cc21. The van der Waals surface area contributed by atoms with Gasteiger partial charge in [0, 0.05) is 34.4 Å². The molecule has 3 heterocycles. The van der Waals surface area contributed by atoms with E-state index in [-0.39, 0.29) is 5.41 Å².